The van der Waals surface area contributed by atoms with Crippen LogP contribution in [0.15, 0.2) is 188 Å². The summed E-state index contributed by atoms with van der Waals surface area (Å²) in [6.07, 6.45) is 0. The highest BCUT2D eigenvalue weighted by Gasteiger charge is 2.14. The van der Waals surface area contributed by atoms with Crippen LogP contribution in [0.3, 0.4) is 0 Å². The maximum atomic E-state index is 2.35. The van der Waals surface area contributed by atoms with Crippen LogP contribution in [-0.2, 0) is 0 Å². The maximum absolute atomic E-state index is 2.35. The number of nitrogens with zero attached hydrogens (tertiary/aromatic N) is 1. The van der Waals surface area contributed by atoms with E-state index in [9.17, 15) is 0 Å². The van der Waals surface area contributed by atoms with Gasteiger partial charge in [0.05, 0.1) is 0 Å². The largest absolute Gasteiger partial charge is 0.311 e. The minimum Gasteiger partial charge on any atom is -0.311 e. The van der Waals surface area contributed by atoms with Crippen molar-refractivity contribution in [3.63, 3.8) is 0 Å². The Morgan fingerprint density at radius 3 is 1.47 bits per heavy atom. The zero-order chi connectivity index (χ0) is 30.0. The first-order chi connectivity index (χ1) is 22.3. The van der Waals surface area contributed by atoms with E-state index in [4.69, 9.17) is 0 Å². The first kappa shape index (κ1) is 26.7. The van der Waals surface area contributed by atoms with Gasteiger partial charge in [-0.1, -0.05) is 133 Å². The third kappa shape index (κ3) is 5.26. The fraction of sp³-hybridized carbons (Fsp3) is 0. The molecular formula is C44H31N. The topological polar surface area (TPSA) is 3.24 Å². The molecule has 0 saturated heterocycles. The molecule has 0 aliphatic rings. The summed E-state index contributed by atoms with van der Waals surface area (Å²) in [4.78, 5) is 2.32. The lowest BCUT2D eigenvalue weighted by Crippen LogP contribution is -2.09. The summed E-state index contributed by atoms with van der Waals surface area (Å²) < 4.78 is 0. The average Bonchev–Trinajstić information content (AvgIpc) is 3.12. The van der Waals surface area contributed by atoms with Crippen LogP contribution >= 0.6 is 0 Å². The van der Waals surface area contributed by atoms with Crippen LogP contribution in [0.25, 0.3) is 54.9 Å². The van der Waals surface area contributed by atoms with Crippen molar-refractivity contribution in [2.45, 2.75) is 0 Å². The average molecular weight is 574 g/mol. The van der Waals surface area contributed by atoms with Crippen molar-refractivity contribution < 1.29 is 0 Å². The van der Waals surface area contributed by atoms with E-state index in [1.807, 2.05) is 0 Å². The third-order valence-electron chi connectivity index (χ3n) is 8.63. The van der Waals surface area contributed by atoms with Crippen LogP contribution in [-0.4, -0.2) is 0 Å². The fourth-order valence-electron chi connectivity index (χ4n) is 6.33. The van der Waals surface area contributed by atoms with E-state index in [2.05, 4.69) is 193 Å². The second-order valence-corrected chi connectivity index (χ2v) is 11.4. The number of hydrogen-bond donors (Lipinski definition) is 0. The van der Waals surface area contributed by atoms with Gasteiger partial charge in [-0.2, -0.15) is 0 Å². The molecule has 0 unspecified atom stereocenters. The Bertz CT molecular complexity index is 2230. The Hall–Kier alpha value is -5.92. The molecule has 0 fully saturated rings. The quantitative estimate of drug-likeness (QED) is 0.191. The lowest BCUT2D eigenvalue weighted by molar-refractivity contribution is 1.28. The van der Waals surface area contributed by atoms with Gasteiger partial charge in [0.1, 0.15) is 0 Å². The monoisotopic (exact) mass is 573 g/mol. The molecule has 8 rings (SSSR count). The van der Waals surface area contributed by atoms with Crippen molar-refractivity contribution in [2.75, 3.05) is 4.90 Å². The van der Waals surface area contributed by atoms with Crippen molar-refractivity contribution in [3.05, 3.63) is 188 Å². The van der Waals surface area contributed by atoms with Crippen molar-refractivity contribution >= 4 is 38.6 Å². The summed E-state index contributed by atoms with van der Waals surface area (Å²) in [5, 5.41) is 5.01. The number of para-hydroxylation sites is 1. The lowest BCUT2D eigenvalue weighted by Gasteiger charge is -2.26. The van der Waals surface area contributed by atoms with Gasteiger partial charge < -0.3 is 4.90 Å². The normalized spacial score (nSPS) is 11.1. The molecule has 0 saturated carbocycles. The smallest absolute Gasteiger partial charge is 0.0462 e. The number of benzene rings is 8. The van der Waals surface area contributed by atoms with Crippen molar-refractivity contribution in [1.29, 1.82) is 0 Å². The highest BCUT2D eigenvalue weighted by atomic mass is 15.1. The molecule has 0 bridgehead atoms. The molecule has 8 aromatic carbocycles. The number of fused-ring (bicyclic) bond motifs is 2. The van der Waals surface area contributed by atoms with E-state index in [1.165, 1.54) is 54.9 Å². The molecule has 0 amide bonds. The molecule has 45 heavy (non-hydrogen) atoms. The predicted molar refractivity (Wildman–Crippen MR) is 192 cm³/mol. The van der Waals surface area contributed by atoms with Crippen LogP contribution in [0.1, 0.15) is 0 Å². The molecule has 0 aliphatic heterocycles. The van der Waals surface area contributed by atoms with Gasteiger partial charge in [-0.15, -0.1) is 0 Å². The molecule has 0 spiro atoms. The van der Waals surface area contributed by atoms with Gasteiger partial charge >= 0.3 is 0 Å². The van der Waals surface area contributed by atoms with E-state index in [1.54, 1.807) is 0 Å². The molecule has 8 aromatic rings. The molecular weight excluding hydrogens is 542 g/mol. The van der Waals surface area contributed by atoms with Gasteiger partial charge in [0, 0.05) is 17.1 Å². The highest BCUT2D eigenvalue weighted by molar-refractivity contribution is 6.01. The van der Waals surface area contributed by atoms with E-state index in [-0.39, 0.29) is 0 Å². The second-order valence-electron chi connectivity index (χ2n) is 11.4. The Morgan fingerprint density at radius 1 is 0.267 bits per heavy atom. The molecule has 0 aromatic heterocycles. The third-order valence-corrected chi connectivity index (χ3v) is 8.63. The highest BCUT2D eigenvalue weighted by Crippen LogP contribution is 2.39. The zero-order valence-corrected chi connectivity index (χ0v) is 24.8. The van der Waals surface area contributed by atoms with Gasteiger partial charge in [-0.25, -0.2) is 0 Å². The molecule has 0 radical (unpaired) electrons. The van der Waals surface area contributed by atoms with Crippen molar-refractivity contribution in [3.8, 4) is 33.4 Å². The number of rotatable bonds is 6. The Labute approximate surface area is 264 Å². The van der Waals surface area contributed by atoms with Crippen LogP contribution in [0.5, 0.6) is 0 Å². The first-order valence-corrected chi connectivity index (χ1v) is 15.4. The van der Waals surface area contributed by atoms with Gasteiger partial charge in [-0.05, 0) is 110 Å². The van der Waals surface area contributed by atoms with E-state index in [0.29, 0.717) is 0 Å². The molecule has 1 heteroatoms. The lowest BCUT2D eigenvalue weighted by atomic mass is 9.92. The fourth-order valence-corrected chi connectivity index (χ4v) is 6.33. The number of hydrogen-bond acceptors (Lipinski definition) is 1. The predicted octanol–water partition coefficient (Wildman–Crippen LogP) is 12.5. The van der Waals surface area contributed by atoms with E-state index in [0.717, 1.165) is 17.1 Å². The van der Waals surface area contributed by atoms with Crippen LogP contribution in [0, 0.1) is 0 Å². The SMILES string of the molecule is c1ccc(-c2ccc(N(c3ccccc3)c3ccc(-c4cc(-c5ccc6ccccc6c5)cc5ccccc45)cc3)cc2)cc1. The summed E-state index contributed by atoms with van der Waals surface area (Å²) in [6, 6.07) is 67.6. The van der Waals surface area contributed by atoms with Crippen molar-refractivity contribution in [1.82, 2.24) is 0 Å². The van der Waals surface area contributed by atoms with Gasteiger partial charge in [0.2, 0.25) is 0 Å². The van der Waals surface area contributed by atoms with E-state index < -0.39 is 0 Å². The van der Waals surface area contributed by atoms with Gasteiger partial charge in [0.25, 0.3) is 0 Å². The molecule has 0 N–H and O–H groups in total. The molecule has 1 nitrogen and oxygen atoms in total. The van der Waals surface area contributed by atoms with Gasteiger partial charge in [-0.3, -0.25) is 0 Å². The summed E-state index contributed by atoms with van der Waals surface area (Å²) >= 11 is 0. The number of anilines is 3. The molecule has 0 heterocycles. The second kappa shape index (κ2) is 11.6. The minimum absolute atomic E-state index is 1.12. The maximum Gasteiger partial charge on any atom is 0.0462 e. The summed E-state index contributed by atoms with van der Waals surface area (Å²) in [5.74, 6) is 0. The Kier molecular flexibility index (Phi) is 6.90. The van der Waals surface area contributed by atoms with E-state index >= 15 is 0 Å². The first-order valence-electron chi connectivity index (χ1n) is 15.4. The minimum atomic E-state index is 1.12. The molecule has 0 aliphatic carbocycles. The Balaban J connectivity index is 1.20. The van der Waals surface area contributed by atoms with Crippen LogP contribution in [0.4, 0.5) is 17.1 Å². The zero-order valence-electron chi connectivity index (χ0n) is 24.8. The molecule has 0 atom stereocenters. The summed E-state index contributed by atoms with van der Waals surface area (Å²) in [6.45, 7) is 0. The summed E-state index contributed by atoms with van der Waals surface area (Å²) in [7, 11) is 0. The van der Waals surface area contributed by atoms with Crippen LogP contribution in [0.2, 0.25) is 0 Å². The van der Waals surface area contributed by atoms with Gasteiger partial charge in [0.15, 0.2) is 0 Å². The standard InChI is InChI=1S/C44H31N/c1-3-11-32(12-4-1)34-21-25-41(26-22-34)45(40-16-5-2-6-17-40)42-27-23-35(24-28-42)44-31-39(30-38-15-9-10-18-43(38)44)37-20-19-33-13-7-8-14-36(33)29-37/h1-31H. The van der Waals surface area contributed by atoms with Crippen LogP contribution < -0.4 is 4.90 Å². The van der Waals surface area contributed by atoms with Crippen molar-refractivity contribution in [2.24, 2.45) is 0 Å². The summed E-state index contributed by atoms with van der Waals surface area (Å²) in [5.41, 5.74) is 10.7. The Morgan fingerprint density at radius 2 is 0.756 bits per heavy atom. The molecule has 212 valence electrons.